The molecule has 2 amide bonds. The Morgan fingerprint density at radius 3 is 2.40 bits per heavy atom. The molecule has 0 bridgehead atoms. The first-order chi connectivity index (χ1) is 25.0. The van der Waals surface area contributed by atoms with E-state index in [9.17, 15) is 19.2 Å². The van der Waals surface area contributed by atoms with Gasteiger partial charge in [0.25, 0.3) is 5.56 Å². The van der Waals surface area contributed by atoms with Crippen LogP contribution in [0.1, 0.15) is 45.2 Å². The first-order valence-corrected chi connectivity index (χ1v) is 17.4. The Morgan fingerprint density at radius 1 is 0.923 bits per heavy atom. The number of pyridine rings is 2. The molecule has 0 saturated carbocycles. The van der Waals surface area contributed by atoms with Gasteiger partial charge in [-0.3, -0.25) is 19.1 Å². The number of fused-ring (bicyclic) bond motifs is 2. The number of anilines is 1. The summed E-state index contributed by atoms with van der Waals surface area (Å²) in [5.74, 6) is -0.405. The van der Waals surface area contributed by atoms with Crippen molar-refractivity contribution in [3.63, 3.8) is 0 Å². The van der Waals surface area contributed by atoms with Crippen LogP contribution in [-0.2, 0) is 16.1 Å². The Bertz CT molecular complexity index is 2360. The summed E-state index contributed by atoms with van der Waals surface area (Å²) < 4.78 is 6.99. The number of carbonyl (C=O) groups excluding carboxylic acids is 2. The minimum Gasteiger partial charge on any atom is -0.444 e. The Hall–Kier alpha value is -6.01. The zero-order valence-corrected chi connectivity index (χ0v) is 29.4. The molecule has 52 heavy (non-hydrogen) atoms. The number of rotatable bonds is 8. The van der Waals surface area contributed by atoms with Crippen LogP contribution in [0.2, 0.25) is 0 Å². The number of hydrogen-bond donors (Lipinski definition) is 4. The van der Waals surface area contributed by atoms with Crippen LogP contribution in [0.3, 0.4) is 0 Å². The van der Waals surface area contributed by atoms with Gasteiger partial charge < -0.3 is 25.3 Å². The largest absolute Gasteiger partial charge is 0.444 e. The molecule has 0 unspecified atom stereocenters. The Labute approximate surface area is 299 Å². The number of carbonyl (C=O) groups is 2. The molecule has 1 saturated heterocycles. The van der Waals surface area contributed by atoms with Crippen molar-refractivity contribution in [2.45, 2.75) is 51.8 Å². The lowest BCUT2D eigenvalue weighted by atomic mass is 9.97. The number of imidazole rings is 1. The van der Waals surface area contributed by atoms with E-state index in [0.717, 1.165) is 60.4 Å². The molecule has 12 nitrogen and oxygen atoms in total. The van der Waals surface area contributed by atoms with E-state index in [1.165, 1.54) is 5.56 Å². The molecule has 6 aromatic rings. The smallest absolute Gasteiger partial charge is 0.408 e. The van der Waals surface area contributed by atoms with Crippen molar-refractivity contribution >= 4 is 39.6 Å². The van der Waals surface area contributed by atoms with E-state index in [0.29, 0.717) is 22.1 Å². The first-order valence-electron chi connectivity index (χ1n) is 17.4. The molecular weight excluding hydrogens is 658 g/mol. The molecule has 266 valence electrons. The lowest BCUT2D eigenvalue weighted by Gasteiger charge is -2.32. The molecule has 1 aliphatic heterocycles. The third kappa shape index (κ3) is 7.66. The molecule has 3 aromatic carbocycles. The van der Waals surface area contributed by atoms with Crippen LogP contribution in [0.15, 0.2) is 101 Å². The first kappa shape index (κ1) is 34.4. The van der Waals surface area contributed by atoms with Crippen molar-refractivity contribution in [1.82, 2.24) is 29.7 Å². The molecule has 0 radical (unpaired) electrons. The second kappa shape index (κ2) is 14.3. The van der Waals surface area contributed by atoms with Crippen LogP contribution in [-0.4, -0.2) is 61.7 Å². The van der Waals surface area contributed by atoms with E-state index in [1.807, 2.05) is 42.5 Å². The van der Waals surface area contributed by atoms with Crippen molar-refractivity contribution in [1.29, 1.82) is 0 Å². The number of H-pyrrole nitrogens is 2. The van der Waals surface area contributed by atoms with Gasteiger partial charge in [-0.1, -0.05) is 54.6 Å². The van der Waals surface area contributed by atoms with Crippen molar-refractivity contribution in [3.8, 4) is 22.4 Å². The van der Waals surface area contributed by atoms with Crippen molar-refractivity contribution in [2.24, 2.45) is 0 Å². The number of piperidine rings is 1. The number of aromatic amines is 2. The lowest BCUT2D eigenvalue weighted by Crippen LogP contribution is -2.37. The van der Waals surface area contributed by atoms with E-state index in [2.05, 4.69) is 49.8 Å². The van der Waals surface area contributed by atoms with Gasteiger partial charge in [0, 0.05) is 48.7 Å². The zero-order valence-electron chi connectivity index (χ0n) is 29.4. The predicted octanol–water partition coefficient (Wildman–Crippen LogP) is 6.20. The number of amides is 2. The number of alkyl carbamates (subject to hydrolysis) is 1. The monoisotopic (exact) mass is 699 g/mol. The molecule has 7 rings (SSSR count). The predicted molar refractivity (Wildman–Crippen MR) is 202 cm³/mol. The average molecular weight is 700 g/mol. The fourth-order valence-corrected chi connectivity index (χ4v) is 6.76. The second-order valence-corrected chi connectivity index (χ2v) is 14.1. The molecule has 3 aromatic heterocycles. The van der Waals surface area contributed by atoms with Gasteiger partial charge in [0.2, 0.25) is 5.91 Å². The molecule has 0 aliphatic carbocycles. The summed E-state index contributed by atoms with van der Waals surface area (Å²) in [7, 11) is 0. The van der Waals surface area contributed by atoms with Crippen LogP contribution in [0.5, 0.6) is 0 Å². The Balaban J connectivity index is 1.01. The number of nitrogens with one attached hydrogen (secondary N) is 4. The highest BCUT2D eigenvalue weighted by molar-refractivity contribution is 5.95. The maximum absolute atomic E-state index is 13.1. The van der Waals surface area contributed by atoms with Crippen molar-refractivity contribution in [3.05, 3.63) is 118 Å². The second-order valence-electron chi connectivity index (χ2n) is 14.1. The molecule has 0 atom stereocenters. The van der Waals surface area contributed by atoms with Crippen LogP contribution in [0.4, 0.5) is 10.5 Å². The Kier molecular flexibility index (Phi) is 9.48. The highest BCUT2D eigenvalue weighted by atomic mass is 16.6. The van der Waals surface area contributed by atoms with E-state index < -0.39 is 17.6 Å². The average Bonchev–Trinajstić information content (AvgIpc) is 3.45. The van der Waals surface area contributed by atoms with Crippen LogP contribution < -0.4 is 21.9 Å². The zero-order chi connectivity index (χ0) is 36.4. The van der Waals surface area contributed by atoms with Crippen molar-refractivity contribution < 1.29 is 14.3 Å². The van der Waals surface area contributed by atoms with Crippen molar-refractivity contribution in [2.75, 3.05) is 25.0 Å². The summed E-state index contributed by atoms with van der Waals surface area (Å²) in [5.41, 5.74) is 6.43. The van der Waals surface area contributed by atoms with E-state index in [1.54, 1.807) is 49.7 Å². The van der Waals surface area contributed by atoms with E-state index >= 15 is 0 Å². The van der Waals surface area contributed by atoms with Gasteiger partial charge in [-0.25, -0.2) is 14.6 Å². The quantitative estimate of drug-likeness (QED) is 0.148. The minimum atomic E-state index is -0.670. The number of aromatic nitrogens is 4. The number of nitrogens with zero attached hydrogens (tertiary/aromatic N) is 3. The van der Waals surface area contributed by atoms with Gasteiger partial charge in [0.15, 0.2) is 0 Å². The third-order valence-electron chi connectivity index (χ3n) is 9.19. The highest BCUT2D eigenvalue weighted by Crippen LogP contribution is 2.33. The van der Waals surface area contributed by atoms with Crippen LogP contribution >= 0.6 is 0 Å². The molecule has 0 spiro atoms. The number of benzene rings is 3. The third-order valence-corrected chi connectivity index (χ3v) is 9.19. The molecule has 4 N–H and O–H groups in total. The maximum Gasteiger partial charge on any atom is 0.408 e. The fraction of sp³-hybridized carbons (Fsp3) is 0.275. The number of ether oxygens (including phenoxy) is 1. The normalized spacial score (nSPS) is 14.1. The molecule has 1 fully saturated rings. The van der Waals surface area contributed by atoms with Crippen LogP contribution in [0, 0.1) is 0 Å². The summed E-state index contributed by atoms with van der Waals surface area (Å²) in [6.45, 7) is 7.41. The summed E-state index contributed by atoms with van der Waals surface area (Å²) in [6, 6.07) is 27.4. The van der Waals surface area contributed by atoms with Gasteiger partial charge in [0.1, 0.15) is 12.1 Å². The molecule has 1 aliphatic rings. The molecular formula is C40H41N7O5. The van der Waals surface area contributed by atoms with E-state index in [-0.39, 0.29) is 23.8 Å². The van der Waals surface area contributed by atoms with E-state index in [4.69, 9.17) is 9.72 Å². The number of likely N-dealkylation sites (tertiary alicyclic amines) is 1. The maximum atomic E-state index is 13.1. The fourth-order valence-electron chi connectivity index (χ4n) is 6.76. The topological polar surface area (TPSA) is 154 Å². The highest BCUT2D eigenvalue weighted by Gasteiger charge is 2.24. The Morgan fingerprint density at radius 2 is 1.67 bits per heavy atom. The summed E-state index contributed by atoms with van der Waals surface area (Å²) >= 11 is 0. The minimum absolute atomic E-state index is 0.00212. The summed E-state index contributed by atoms with van der Waals surface area (Å²) in [4.78, 5) is 63.2. The summed E-state index contributed by atoms with van der Waals surface area (Å²) in [6.07, 6.45) is 2.54. The SMILES string of the molecule is CC(C)(C)OC(=O)NCC(=O)Nc1ccc2[nH]c(=O)n(C3CCN(Cc4ccc(-c5nc6cc[nH]c(=O)c6cc5-c5ccccc5)cc4)CC3)c2c1. The lowest BCUT2D eigenvalue weighted by molar-refractivity contribution is -0.115. The molecule has 4 heterocycles. The van der Waals surface area contributed by atoms with Gasteiger partial charge in [-0.15, -0.1) is 0 Å². The number of hydrogen-bond acceptors (Lipinski definition) is 7. The van der Waals surface area contributed by atoms with Gasteiger partial charge in [-0.2, -0.15) is 0 Å². The van der Waals surface area contributed by atoms with Gasteiger partial charge >= 0.3 is 11.8 Å². The van der Waals surface area contributed by atoms with Gasteiger partial charge in [-0.05, 0) is 75.1 Å². The standard InChI is InChI=1S/C40H41N7O5/c1-40(2,3)52-39(51)42-23-35(48)43-28-13-14-33-34(21-28)47(38(50)45-33)29-16-19-46(20-17-29)24-25-9-11-27(12-10-25)36-30(26-7-5-4-6-8-26)22-31-32(44-36)15-18-41-37(31)49/h4-15,18,21-22,29H,16-17,19-20,23-24H2,1-3H3,(H,41,49)(H,42,51)(H,43,48)(H,45,50). The van der Waals surface area contributed by atoms with Gasteiger partial charge in [0.05, 0.1) is 27.6 Å². The molecule has 12 heteroatoms. The summed E-state index contributed by atoms with van der Waals surface area (Å²) in [5, 5.41) is 5.81. The van der Waals surface area contributed by atoms with Crippen LogP contribution in [0.25, 0.3) is 44.3 Å².